The minimum absolute atomic E-state index is 0.579. The third kappa shape index (κ3) is 2.49. The maximum atomic E-state index is 6.28. The zero-order valence-corrected chi connectivity index (χ0v) is 11.5. The van der Waals surface area contributed by atoms with Crippen molar-refractivity contribution in [1.82, 2.24) is 14.7 Å². The molecule has 2 atom stereocenters. The lowest BCUT2D eigenvalue weighted by molar-refractivity contribution is 0.249. The van der Waals surface area contributed by atoms with Gasteiger partial charge in [-0.25, -0.2) is 0 Å². The Hall–Kier alpha value is -0.580. The first-order chi connectivity index (χ1) is 8.02. The first kappa shape index (κ1) is 12.9. The fraction of sp³-hybridized carbons (Fsp3) is 0.750. The van der Waals surface area contributed by atoms with Gasteiger partial charge in [0.05, 0.1) is 16.4 Å². The monoisotopic (exact) mass is 256 g/mol. The van der Waals surface area contributed by atoms with E-state index in [0.717, 1.165) is 36.0 Å². The number of aromatic nitrogens is 2. The molecule has 2 unspecified atom stereocenters. The van der Waals surface area contributed by atoms with Crippen LogP contribution in [0.4, 0.5) is 0 Å². The molecule has 17 heavy (non-hydrogen) atoms. The molecule has 96 valence electrons. The van der Waals surface area contributed by atoms with E-state index >= 15 is 0 Å². The van der Waals surface area contributed by atoms with Crippen LogP contribution >= 0.6 is 11.6 Å². The molecule has 0 radical (unpaired) electrons. The summed E-state index contributed by atoms with van der Waals surface area (Å²) in [5.74, 6) is 0.623. The van der Waals surface area contributed by atoms with Crippen LogP contribution in [0, 0.1) is 12.8 Å². The van der Waals surface area contributed by atoms with Gasteiger partial charge in [0, 0.05) is 26.2 Å². The Balaban J connectivity index is 2.11. The van der Waals surface area contributed by atoms with Gasteiger partial charge in [0.1, 0.15) is 0 Å². The second kappa shape index (κ2) is 4.96. The number of hydrogen-bond acceptors (Lipinski definition) is 3. The van der Waals surface area contributed by atoms with Crippen molar-refractivity contribution in [3.63, 3.8) is 0 Å². The highest BCUT2D eigenvalue weighted by Crippen LogP contribution is 2.27. The quantitative estimate of drug-likeness (QED) is 0.893. The lowest BCUT2D eigenvalue weighted by Crippen LogP contribution is -2.28. The predicted molar refractivity (Wildman–Crippen MR) is 70.0 cm³/mol. The number of rotatable bonds is 3. The normalized spacial score (nSPS) is 25.7. The maximum absolute atomic E-state index is 6.28. The van der Waals surface area contributed by atoms with Crippen molar-refractivity contribution >= 4 is 11.6 Å². The summed E-state index contributed by atoms with van der Waals surface area (Å²) < 4.78 is 1.89. The zero-order valence-electron chi connectivity index (χ0n) is 10.8. The first-order valence-corrected chi connectivity index (χ1v) is 6.52. The largest absolute Gasteiger partial charge is 0.330 e. The second-order valence-electron chi connectivity index (χ2n) is 5.09. The van der Waals surface area contributed by atoms with Gasteiger partial charge >= 0.3 is 0 Å². The van der Waals surface area contributed by atoms with E-state index in [0.29, 0.717) is 12.0 Å². The molecule has 0 amide bonds. The summed E-state index contributed by atoms with van der Waals surface area (Å²) in [6.07, 6.45) is 1.19. The SMILES string of the molecule is Cc1nn(C)c(CN2CC(CN)CC2C)c1Cl. The van der Waals surface area contributed by atoms with Crippen LogP contribution < -0.4 is 5.73 Å². The van der Waals surface area contributed by atoms with Gasteiger partial charge in [-0.3, -0.25) is 9.58 Å². The second-order valence-corrected chi connectivity index (χ2v) is 5.46. The summed E-state index contributed by atoms with van der Waals surface area (Å²) in [5.41, 5.74) is 7.76. The molecule has 0 bridgehead atoms. The van der Waals surface area contributed by atoms with Crippen molar-refractivity contribution in [3.8, 4) is 0 Å². The third-order valence-electron chi connectivity index (χ3n) is 3.74. The molecule has 0 spiro atoms. The van der Waals surface area contributed by atoms with Gasteiger partial charge in [0.15, 0.2) is 0 Å². The van der Waals surface area contributed by atoms with Crippen molar-refractivity contribution < 1.29 is 0 Å². The Morgan fingerprint density at radius 2 is 2.24 bits per heavy atom. The van der Waals surface area contributed by atoms with Crippen LogP contribution in [-0.2, 0) is 13.6 Å². The fourth-order valence-corrected chi connectivity index (χ4v) is 2.87. The highest BCUT2D eigenvalue weighted by Gasteiger charge is 2.29. The van der Waals surface area contributed by atoms with E-state index in [2.05, 4.69) is 16.9 Å². The highest BCUT2D eigenvalue weighted by molar-refractivity contribution is 6.31. The number of likely N-dealkylation sites (tertiary alicyclic amines) is 1. The average molecular weight is 257 g/mol. The molecule has 1 saturated heterocycles. The summed E-state index contributed by atoms with van der Waals surface area (Å²) in [7, 11) is 1.95. The molecule has 5 heteroatoms. The van der Waals surface area contributed by atoms with E-state index in [1.807, 2.05) is 18.7 Å². The molecule has 4 nitrogen and oxygen atoms in total. The minimum Gasteiger partial charge on any atom is -0.330 e. The van der Waals surface area contributed by atoms with Gasteiger partial charge in [-0.2, -0.15) is 5.10 Å². The Morgan fingerprint density at radius 3 is 2.71 bits per heavy atom. The zero-order chi connectivity index (χ0) is 12.6. The summed E-state index contributed by atoms with van der Waals surface area (Å²) in [4.78, 5) is 2.44. The van der Waals surface area contributed by atoms with E-state index in [1.54, 1.807) is 0 Å². The molecule has 0 saturated carbocycles. The lowest BCUT2D eigenvalue weighted by Gasteiger charge is -2.21. The van der Waals surface area contributed by atoms with Crippen LogP contribution in [0.2, 0.25) is 5.02 Å². The molecular formula is C12H21ClN4. The molecule has 1 aromatic rings. The number of halogens is 1. The van der Waals surface area contributed by atoms with Crippen molar-refractivity contribution in [1.29, 1.82) is 0 Å². The van der Waals surface area contributed by atoms with Crippen LogP contribution in [0.1, 0.15) is 24.7 Å². The molecule has 0 aliphatic carbocycles. The topological polar surface area (TPSA) is 47.1 Å². The Bertz CT molecular complexity index is 401. The molecule has 1 aromatic heterocycles. The van der Waals surface area contributed by atoms with Crippen LogP contribution in [0.3, 0.4) is 0 Å². The molecular weight excluding hydrogens is 236 g/mol. The van der Waals surface area contributed by atoms with Crippen molar-refractivity contribution in [2.75, 3.05) is 13.1 Å². The summed E-state index contributed by atoms with van der Waals surface area (Å²) >= 11 is 6.28. The molecule has 2 rings (SSSR count). The summed E-state index contributed by atoms with van der Waals surface area (Å²) in [5, 5.41) is 5.15. The summed E-state index contributed by atoms with van der Waals surface area (Å²) in [6.45, 7) is 6.92. The Labute approximate surface area is 108 Å². The van der Waals surface area contributed by atoms with Crippen molar-refractivity contribution in [2.24, 2.45) is 18.7 Å². The predicted octanol–water partition coefficient (Wildman–Crippen LogP) is 1.55. The van der Waals surface area contributed by atoms with E-state index in [-0.39, 0.29) is 0 Å². The number of hydrogen-bond donors (Lipinski definition) is 1. The van der Waals surface area contributed by atoms with Crippen molar-refractivity contribution in [2.45, 2.75) is 32.9 Å². The van der Waals surface area contributed by atoms with Gasteiger partial charge in [0.25, 0.3) is 0 Å². The standard InChI is InChI=1S/C12H21ClN4/c1-8-4-10(5-14)6-17(8)7-11-12(13)9(2)15-16(11)3/h8,10H,4-7,14H2,1-3H3. The Kier molecular flexibility index (Phi) is 3.76. The van der Waals surface area contributed by atoms with E-state index in [1.165, 1.54) is 6.42 Å². The van der Waals surface area contributed by atoms with Crippen molar-refractivity contribution in [3.05, 3.63) is 16.4 Å². The maximum Gasteiger partial charge on any atom is 0.0860 e. The smallest absolute Gasteiger partial charge is 0.0860 e. The summed E-state index contributed by atoms with van der Waals surface area (Å²) in [6, 6.07) is 0.579. The minimum atomic E-state index is 0.579. The van der Waals surface area contributed by atoms with Crippen LogP contribution in [0.5, 0.6) is 0 Å². The molecule has 2 heterocycles. The van der Waals surface area contributed by atoms with E-state index in [9.17, 15) is 0 Å². The Morgan fingerprint density at radius 1 is 1.53 bits per heavy atom. The molecule has 1 aliphatic heterocycles. The van der Waals surface area contributed by atoms with E-state index < -0.39 is 0 Å². The first-order valence-electron chi connectivity index (χ1n) is 6.15. The van der Waals surface area contributed by atoms with Gasteiger partial charge in [-0.05, 0) is 32.7 Å². The number of nitrogens with two attached hydrogens (primary N) is 1. The average Bonchev–Trinajstić information content (AvgIpc) is 2.75. The van der Waals surface area contributed by atoms with Gasteiger partial charge < -0.3 is 5.73 Å². The molecule has 2 N–H and O–H groups in total. The third-order valence-corrected chi connectivity index (χ3v) is 4.23. The lowest BCUT2D eigenvalue weighted by atomic mass is 10.1. The number of nitrogens with zero attached hydrogens (tertiary/aromatic N) is 3. The fourth-order valence-electron chi connectivity index (χ4n) is 2.65. The molecule has 1 fully saturated rings. The molecule has 0 aromatic carbocycles. The van der Waals surface area contributed by atoms with Gasteiger partial charge in [-0.1, -0.05) is 11.6 Å². The molecule has 1 aliphatic rings. The van der Waals surface area contributed by atoms with Crippen LogP contribution in [0.25, 0.3) is 0 Å². The van der Waals surface area contributed by atoms with Crippen LogP contribution in [0.15, 0.2) is 0 Å². The van der Waals surface area contributed by atoms with Crippen LogP contribution in [-0.4, -0.2) is 33.8 Å². The number of aryl methyl sites for hydroxylation is 2. The van der Waals surface area contributed by atoms with Gasteiger partial charge in [-0.15, -0.1) is 0 Å². The van der Waals surface area contributed by atoms with Gasteiger partial charge in [0.2, 0.25) is 0 Å². The van der Waals surface area contributed by atoms with E-state index in [4.69, 9.17) is 17.3 Å². The highest BCUT2D eigenvalue weighted by atomic mass is 35.5.